The molecule has 6 heteroatoms. The summed E-state index contributed by atoms with van der Waals surface area (Å²) in [6.45, 7) is 0.189. The quantitative estimate of drug-likeness (QED) is 0.513. The normalized spacial score (nSPS) is 9.29. The third kappa shape index (κ3) is 2.10. The van der Waals surface area contributed by atoms with Crippen molar-refractivity contribution in [3.8, 4) is 11.5 Å². The standard InChI is InChI=1S/C8H8BrN3O2/c1-14-6-3-2-5(4-11-12-10)7(9)8(6)13/h2-3,13H,4H2,1H3. The maximum atomic E-state index is 9.57. The Morgan fingerprint density at radius 3 is 2.93 bits per heavy atom. The van der Waals surface area contributed by atoms with Gasteiger partial charge in [-0.15, -0.1) is 0 Å². The lowest BCUT2D eigenvalue weighted by atomic mass is 10.2. The van der Waals surface area contributed by atoms with Crippen LogP contribution in [0.1, 0.15) is 5.56 Å². The predicted molar refractivity (Wildman–Crippen MR) is 55.2 cm³/mol. The van der Waals surface area contributed by atoms with Crippen molar-refractivity contribution in [3.05, 3.63) is 32.6 Å². The minimum atomic E-state index is 0.0122. The van der Waals surface area contributed by atoms with Gasteiger partial charge in [-0.3, -0.25) is 0 Å². The summed E-state index contributed by atoms with van der Waals surface area (Å²) >= 11 is 3.19. The molecule has 0 bridgehead atoms. The number of hydrogen-bond acceptors (Lipinski definition) is 3. The zero-order valence-electron chi connectivity index (χ0n) is 7.44. The second-order valence-electron chi connectivity index (χ2n) is 2.48. The molecule has 1 aromatic carbocycles. The fourth-order valence-electron chi connectivity index (χ4n) is 0.983. The van der Waals surface area contributed by atoms with E-state index in [4.69, 9.17) is 10.3 Å². The number of methoxy groups -OCH3 is 1. The monoisotopic (exact) mass is 257 g/mol. The van der Waals surface area contributed by atoms with Crippen molar-refractivity contribution in [1.82, 2.24) is 0 Å². The first kappa shape index (κ1) is 10.7. The van der Waals surface area contributed by atoms with E-state index in [2.05, 4.69) is 26.0 Å². The zero-order valence-corrected chi connectivity index (χ0v) is 9.02. The molecule has 5 nitrogen and oxygen atoms in total. The molecule has 14 heavy (non-hydrogen) atoms. The van der Waals surface area contributed by atoms with Crippen LogP contribution in [0.15, 0.2) is 21.7 Å². The van der Waals surface area contributed by atoms with E-state index in [1.807, 2.05) is 0 Å². The average Bonchev–Trinajstić information content (AvgIpc) is 2.20. The molecule has 74 valence electrons. The predicted octanol–water partition coefficient (Wildman–Crippen LogP) is 2.97. The summed E-state index contributed by atoms with van der Waals surface area (Å²) in [5, 5.41) is 13.0. The van der Waals surface area contributed by atoms with Crippen LogP contribution in [0.25, 0.3) is 10.4 Å². The van der Waals surface area contributed by atoms with Crippen LogP contribution in [0, 0.1) is 0 Å². The molecule has 1 aromatic rings. The molecule has 1 rings (SSSR count). The minimum Gasteiger partial charge on any atom is -0.503 e. The molecule has 0 aliphatic carbocycles. The number of ether oxygens (including phenoxy) is 1. The van der Waals surface area contributed by atoms with E-state index in [1.54, 1.807) is 12.1 Å². The maximum absolute atomic E-state index is 9.57. The SMILES string of the molecule is COc1ccc(CN=[N+]=[N-])c(Br)c1O. The smallest absolute Gasteiger partial charge is 0.172 e. The van der Waals surface area contributed by atoms with Gasteiger partial charge in [-0.2, -0.15) is 0 Å². The van der Waals surface area contributed by atoms with Crippen LogP contribution < -0.4 is 4.74 Å². The first-order valence-corrected chi connectivity index (χ1v) is 4.55. The fraction of sp³-hybridized carbons (Fsp3) is 0.250. The van der Waals surface area contributed by atoms with Crippen LogP contribution in [-0.4, -0.2) is 12.2 Å². The number of rotatable bonds is 3. The molecule has 0 radical (unpaired) electrons. The van der Waals surface area contributed by atoms with Gasteiger partial charge in [0.2, 0.25) is 0 Å². The van der Waals surface area contributed by atoms with Gasteiger partial charge in [0.15, 0.2) is 11.5 Å². The van der Waals surface area contributed by atoms with Crippen molar-refractivity contribution in [1.29, 1.82) is 0 Å². The van der Waals surface area contributed by atoms with Crippen LogP contribution in [0.2, 0.25) is 0 Å². The highest BCUT2D eigenvalue weighted by atomic mass is 79.9. The third-order valence-corrected chi connectivity index (χ3v) is 2.57. The topological polar surface area (TPSA) is 78.2 Å². The Morgan fingerprint density at radius 2 is 2.36 bits per heavy atom. The highest BCUT2D eigenvalue weighted by Crippen LogP contribution is 2.36. The largest absolute Gasteiger partial charge is 0.503 e. The van der Waals surface area contributed by atoms with Crippen molar-refractivity contribution in [2.24, 2.45) is 5.11 Å². The highest BCUT2D eigenvalue weighted by molar-refractivity contribution is 9.10. The lowest BCUT2D eigenvalue weighted by Gasteiger charge is -2.07. The summed E-state index contributed by atoms with van der Waals surface area (Å²) < 4.78 is 5.39. The number of benzene rings is 1. The van der Waals surface area contributed by atoms with Crippen molar-refractivity contribution >= 4 is 15.9 Å². The third-order valence-electron chi connectivity index (χ3n) is 1.68. The van der Waals surface area contributed by atoms with Crippen LogP contribution in [0.4, 0.5) is 0 Å². The molecule has 0 fully saturated rings. The Bertz CT molecular complexity index is 388. The minimum absolute atomic E-state index is 0.0122. The summed E-state index contributed by atoms with van der Waals surface area (Å²) in [4.78, 5) is 2.64. The lowest BCUT2D eigenvalue weighted by molar-refractivity contribution is 0.371. The first-order chi connectivity index (χ1) is 6.70. The number of phenols is 1. The van der Waals surface area contributed by atoms with Crippen LogP contribution in [0.5, 0.6) is 11.5 Å². The van der Waals surface area contributed by atoms with Gasteiger partial charge in [0, 0.05) is 4.91 Å². The second kappa shape index (κ2) is 4.74. The summed E-state index contributed by atoms with van der Waals surface area (Å²) in [6.07, 6.45) is 0. The van der Waals surface area contributed by atoms with Gasteiger partial charge in [-0.1, -0.05) is 11.2 Å². The zero-order chi connectivity index (χ0) is 10.6. The van der Waals surface area contributed by atoms with Crippen LogP contribution in [-0.2, 0) is 6.54 Å². The Morgan fingerprint density at radius 1 is 1.64 bits per heavy atom. The Kier molecular flexibility index (Phi) is 3.62. The van der Waals surface area contributed by atoms with Gasteiger partial charge in [-0.05, 0) is 33.1 Å². The second-order valence-corrected chi connectivity index (χ2v) is 3.27. The van der Waals surface area contributed by atoms with Crippen LogP contribution in [0.3, 0.4) is 0 Å². The van der Waals surface area contributed by atoms with Gasteiger partial charge in [-0.25, -0.2) is 0 Å². The lowest BCUT2D eigenvalue weighted by Crippen LogP contribution is -1.88. The van der Waals surface area contributed by atoms with Gasteiger partial charge in [0.1, 0.15) is 0 Å². The molecule has 0 aliphatic heterocycles. The molecular weight excluding hydrogens is 250 g/mol. The Balaban J connectivity index is 3.10. The van der Waals surface area contributed by atoms with E-state index in [0.717, 1.165) is 0 Å². The average molecular weight is 258 g/mol. The molecule has 0 aliphatic rings. The molecular formula is C8H8BrN3O2. The van der Waals surface area contributed by atoms with Gasteiger partial charge in [0.25, 0.3) is 0 Å². The number of hydrogen-bond donors (Lipinski definition) is 1. The van der Waals surface area contributed by atoms with Crippen LogP contribution >= 0.6 is 15.9 Å². The van der Waals surface area contributed by atoms with E-state index < -0.39 is 0 Å². The first-order valence-electron chi connectivity index (χ1n) is 3.76. The molecule has 1 N–H and O–H groups in total. The molecule has 0 aromatic heterocycles. The Labute approximate surface area is 89.1 Å². The molecule has 0 saturated carbocycles. The van der Waals surface area contributed by atoms with E-state index in [-0.39, 0.29) is 12.3 Å². The Hall–Kier alpha value is -1.39. The van der Waals surface area contributed by atoms with Gasteiger partial charge < -0.3 is 9.84 Å². The summed E-state index contributed by atoms with van der Waals surface area (Å²) in [5.41, 5.74) is 8.85. The van der Waals surface area contributed by atoms with E-state index in [0.29, 0.717) is 15.8 Å². The highest BCUT2D eigenvalue weighted by Gasteiger charge is 2.09. The number of aromatic hydroxyl groups is 1. The van der Waals surface area contributed by atoms with Crippen molar-refractivity contribution < 1.29 is 9.84 Å². The molecule has 0 atom stereocenters. The van der Waals surface area contributed by atoms with E-state index in [1.165, 1.54) is 7.11 Å². The van der Waals surface area contributed by atoms with Gasteiger partial charge >= 0.3 is 0 Å². The number of nitrogens with zero attached hydrogens (tertiary/aromatic N) is 3. The molecule has 0 unspecified atom stereocenters. The summed E-state index contributed by atoms with van der Waals surface area (Å²) in [7, 11) is 1.47. The molecule has 0 heterocycles. The molecule has 0 amide bonds. The van der Waals surface area contributed by atoms with E-state index >= 15 is 0 Å². The summed E-state index contributed by atoms with van der Waals surface area (Å²) in [5.74, 6) is 0.389. The number of halogens is 1. The number of phenolic OH excluding ortho intramolecular Hbond substituents is 1. The van der Waals surface area contributed by atoms with Crippen molar-refractivity contribution in [3.63, 3.8) is 0 Å². The fourth-order valence-corrected chi connectivity index (χ4v) is 1.44. The molecule has 0 spiro atoms. The van der Waals surface area contributed by atoms with Crippen molar-refractivity contribution in [2.75, 3.05) is 7.11 Å². The van der Waals surface area contributed by atoms with E-state index in [9.17, 15) is 5.11 Å². The van der Waals surface area contributed by atoms with Gasteiger partial charge in [0.05, 0.1) is 18.1 Å². The summed E-state index contributed by atoms with van der Waals surface area (Å²) in [6, 6.07) is 3.33. The van der Waals surface area contributed by atoms with Crippen molar-refractivity contribution in [2.45, 2.75) is 6.54 Å². The molecule has 0 saturated heterocycles. The number of azide groups is 1. The maximum Gasteiger partial charge on any atom is 0.172 e.